The second-order valence-electron chi connectivity index (χ2n) is 4.36. The first-order valence-corrected chi connectivity index (χ1v) is 8.63. The van der Waals surface area contributed by atoms with Gasteiger partial charge in [-0.1, -0.05) is 22.9 Å². The number of nitrogens with one attached hydrogen (secondary N) is 1. The molecule has 0 aliphatic rings. The van der Waals surface area contributed by atoms with E-state index in [1.54, 1.807) is 17.5 Å². The van der Waals surface area contributed by atoms with Gasteiger partial charge in [0.1, 0.15) is 0 Å². The van der Waals surface area contributed by atoms with Crippen molar-refractivity contribution in [2.45, 2.75) is 26.8 Å². The van der Waals surface area contributed by atoms with Gasteiger partial charge in [0.15, 0.2) is 16.6 Å². The lowest BCUT2D eigenvalue weighted by atomic mass is 10.2. The number of benzene rings is 1. The topological polar surface area (TPSA) is 43.4 Å². The van der Waals surface area contributed by atoms with Gasteiger partial charge in [0.2, 0.25) is 0 Å². The van der Waals surface area contributed by atoms with Gasteiger partial charge in [-0.25, -0.2) is 4.98 Å². The first kappa shape index (κ1) is 16.1. The molecule has 21 heavy (non-hydrogen) atoms. The van der Waals surface area contributed by atoms with Gasteiger partial charge in [0.05, 0.1) is 13.2 Å². The molecule has 1 aromatic carbocycles. The molecule has 0 spiro atoms. The number of anilines is 1. The highest BCUT2D eigenvalue weighted by Crippen LogP contribution is 2.34. The first-order chi connectivity index (χ1) is 10.2. The molecule has 6 heteroatoms. The third-order valence-corrected chi connectivity index (χ3v) is 4.21. The van der Waals surface area contributed by atoms with E-state index in [2.05, 4.69) is 33.2 Å². The van der Waals surface area contributed by atoms with Crippen LogP contribution in [0.1, 0.15) is 25.8 Å². The van der Waals surface area contributed by atoms with E-state index >= 15 is 0 Å². The number of thiazole rings is 1. The van der Waals surface area contributed by atoms with Crippen molar-refractivity contribution in [2.24, 2.45) is 0 Å². The SMILES string of the molecule is CCCOc1cc(Br)c(CNc2nccs2)cc1OCC. The van der Waals surface area contributed by atoms with Gasteiger partial charge in [0, 0.05) is 22.6 Å². The standard InChI is InChI=1S/C15H19BrN2O2S/c1-3-6-20-14-9-12(16)11(8-13(14)19-4-2)10-18-15-17-5-7-21-15/h5,7-9H,3-4,6,10H2,1-2H3,(H,17,18). The van der Waals surface area contributed by atoms with Gasteiger partial charge in [-0.15, -0.1) is 11.3 Å². The number of halogens is 1. The van der Waals surface area contributed by atoms with Crippen molar-refractivity contribution >= 4 is 32.4 Å². The highest BCUT2D eigenvalue weighted by atomic mass is 79.9. The Hall–Kier alpha value is -1.27. The maximum atomic E-state index is 5.74. The van der Waals surface area contributed by atoms with Crippen molar-refractivity contribution in [3.63, 3.8) is 0 Å². The van der Waals surface area contributed by atoms with Crippen LogP contribution in [0.25, 0.3) is 0 Å². The zero-order valence-electron chi connectivity index (χ0n) is 12.2. The van der Waals surface area contributed by atoms with E-state index in [0.29, 0.717) is 19.8 Å². The Balaban J connectivity index is 2.14. The molecule has 0 bridgehead atoms. The minimum absolute atomic E-state index is 0.615. The van der Waals surface area contributed by atoms with Crippen LogP contribution in [0.5, 0.6) is 11.5 Å². The molecule has 0 aliphatic heterocycles. The molecular weight excluding hydrogens is 352 g/mol. The number of hydrogen-bond acceptors (Lipinski definition) is 5. The average molecular weight is 371 g/mol. The Morgan fingerprint density at radius 1 is 1.24 bits per heavy atom. The highest BCUT2D eigenvalue weighted by molar-refractivity contribution is 9.10. The predicted molar refractivity (Wildman–Crippen MR) is 90.5 cm³/mol. The van der Waals surface area contributed by atoms with Gasteiger partial charge in [-0.3, -0.25) is 0 Å². The molecule has 1 N–H and O–H groups in total. The van der Waals surface area contributed by atoms with Crippen LogP contribution in [0.4, 0.5) is 5.13 Å². The molecule has 0 atom stereocenters. The van der Waals surface area contributed by atoms with Crippen LogP contribution < -0.4 is 14.8 Å². The van der Waals surface area contributed by atoms with Crippen molar-refractivity contribution in [2.75, 3.05) is 18.5 Å². The number of ether oxygens (including phenoxy) is 2. The molecule has 0 saturated heterocycles. The van der Waals surface area contributed by atoms with E-state index in [0.717, 1.165) is 33.1 Å². The van der Waals surface area contributed by atoms with Crippen LogP contribution in [0, 0.1) is 0 Å². The van der Waals surface area contributed by atoms with Gasteiger partial charge >= 0.3 is 0 Å². The molecule has 0 radical (unpaired) electrons. The Kier molecular flexibility index (Phi) is 6.32. The zero-order valence-corrected chi connectivity index (χ0v) is 14.6. The minimum atomic E-state index is 0.615. The Bertz CT molecular complexity index is 561. The molecule has 0 saturated carbocycles. The number of hydrogen-bond donors (Lipinski definition) is 1. The lowest BCUT2D eigenvalue weighted by Crippen LogP contribution is -2.04. The van der Waals surface area contributed by atoms with E-state index in [1.165, 1.54) is 0 Å². The molecule has 0 fully saturated rings. The van der Waals surface area contributed by atoms with Crippen molar-refractivity contribution in [3.05, 3.63) is 33.7 Å². The van der Waals surface area contributed by atoms with Crippen LogP contribution in [-0.4, -0.2) is 18.2 Å². The number of aromatic nitrogens is 1. The van der Waals surface area contributed by atoms with Gasteiger partial charge in [-0.05, 0) is 31.0 Å². The lowest BCUT2D eigenvalue weighted by molar-refractivity contribution is 0.276. The largest absolute Gasteiger partial charge is 0.490 e. The van der Waals surface area contributed by atoms with Crippen molar-refractivity contribution in [1.82, 2.24) is 4.98 Å². The van der Waals surface area contributed by atoms with Crippen molar-refractivity contribution < 1.29 is 9.47 Å². The monoisotopic (exact) mass is 370 g/mol. The second-order valence-corrected chi connectivity index (χ2v) is 6.11. The smallest absolute Gasteiger partial charge is 0.182 e. The summed E-state index contributed by atoms with van der Waals surface area (Å²) >= 11 is 5.18. The summed E-state index contributed by atoms with van der Waals surface area (Å²) in [6.07, 6.45) is 2.76. The van der Waals surface area contributed by atoms with Crippen LogP contribution in [0.2, 0.25) is 0 Å². The summed E-state index contributed by atoms with van der Waals surface area (Å²) in [5, 5.41) is 6.15. The number of nitrogens with zero attached hydrogens (tertiary/aromatic N) is 1. The highest BCUT2D eigenvalue weighted by Gasteiger charge is 2.11. The van der Waals surface area contributed by atoms with Crippen LogP contribution in [0.15, 0.2) is 28.2 Å². The van der Waals surface area contributed by atoms with Gasteiger partial charge in [0.25, 0.3) is 0 Å². The number of rotatable bonds is 8. The maximum Gasteiger partial charge on any atom is 0.182 e. The molecule has 114 valence electrons. The summed E-state index contributed by atoms with van der Waals surface area (Å²) in [7, 11) is 0. The third-order valence-electron chi connectivity index (χ3n) is 2.74. The molecule has 1 aromatic heterocycles. The molecule has 2 aromatic rings. The van der Waals surface area contributed by atoms with E-state index in [9.17, 15) is 0 Å². The second kappa shape index (κ2) is 8.24. The summed E-state index contributed by atoms with van der Waals surface area (Å²) in [6.45, 7) is 6.04. The predicted octanol–water partition coefficient (Wildman–Crippen LogP) is 4.71. The molecule has 0 unspecified atom stereocenters. The van der Waals surface area contributed by atoms with Crippen LogP contribution in [-0.2, 0) is 6.54 Å². The third kappa shape index (κ3) is 4.61. The average Bonchev–Trinajstić information content (AvgIpc) is 2.99. The fourth-order valence-corrected chi connectivity index (χ4v) is 2.78. The Morgan fingerprint density at radius 2 is 2.05 bits per heavy atom. The van der Waals surface area contributed by atoms with E-state index in [-0.39, 0.29) is 0 Å². The van der Waals surface area contributed by atoms with Gasteiger partial charge < -0.3 is 14.8 Å². The molecule has 0 amide bonds. The lowest BCUT2D eigenvalue weighted by Gasteiger charge is -2.15. The fourth-order valence-electron chi connectivity index (χ4n) is 1.79. The van der Waals surface area contributed by atoms with E-state index in [1.807, 2.05) is 24.4 Å². The van der Waals surface area contributed by atoms with Crippen LogP contribution in [0.3, 0.4) is 0 Å². The normalized spacial score (nSPS) is 10.4. The first-order valence-electron chi connectivity index (χ1n) is 6.96. The summed E-state index contributed by atoms with van der Waals surface area (Å²) < 4.78 is 12.4. The summed E-state index contributed by atoms with van der Waals surface area (Å²) in [5.41, 5.74) is 1.11. The fraction of sp³-hybridized carbons (Fsp3) is 0.400. The Morgan fingerprint density at radius 3 is 2.71 bits per heavy atom. The zero-order chi connectivity index (χ0) is 15.1. The Labute approximate surface area is 137 Å². The quantitative estimate of drug-likeness (QED) is 0.730. The van der Waals surface area contributed by atoms with E-state index < -0.39 is 0 Å². The summed E-state index contributed by atoms with van der Waals surface area (Å²) in [5.74, 6) is 1.56. The minimum Gasteiger partial charge on any atom is -0.490 e. The van der Waals surface area contributed by atoms with Crippen molar-refractivity contribution in [1.29, 1.82) is 0 Å². The molecule has 4 nitrogen and oxygen atoms in total. The molecule has 1 heterocycles. The maximum absolute atomic E-state index is 5.74. The van der Waals surface area contributed by atoms with Crippen molar-refractivity contribution in [3.8, 4) is 11.5 Å². The van der Waals surface area contributed by atoms with Crippen LogP contribution >= 0.6 is 27.3 Å². The summed E-state index contributed by atoms with van der Waals surface area (Å²) in [4.78, 5) is 4.21. The molecule has 0 aliphatic carbocycles. The molecular formula is C15H19BrN2O2S. The molecule has 2 rings (SSSR count). The van der Waals surface area contributed by atoms with E-state index in [4.69, 9.17) is 9.47 Å². The summed E-state index contributed by atoms with van der Waals surface area (Å²) in [6, 6.07) is 3.98. The van der Waals surface area contributed by atoms with Gasteiger partial charge in [-0.2, -0.15) is 0 Å².